The van der Waals surface area contributed by atoms with E-state index in [1.165, 1.54) is 0 Å². The molecule has 6 nitrogen and oxygen atoms in total. The van der Waals surface area contributed by atoms with Gasteiger partial charge < -0.3 is 15.2 Å². The van der Waals surface area contributed by atoms with Crippen molar-refractivity contribution < 1.29 is 9.47 Å². The average molecular weight is 274 g/mol. The third kappa shape index (κ3) is 3.09. The van der Waals surface area contributed by atoms with Crippen LogP contribution in [0.5, 0.6) is 11.6 Å². The van der Waals surface area contributed by atoms with Gasteiger partial charge in [-0.1, -0.05) is 18.2 Å². The van der Waals surface area contributed by atoms with Crippen LogP contribution in [0.1, 0.15) is 11.3 Å². The summed E-state index contributed by atoms with van der Waals surface area (Å²) in [7, 11) is 1.76. The lowest BCUT2D eigenvalue weighted by molar-refractivity contribution is 0.205. The second kappa shape index (κ2) is 6.10. The molecule has 1 aromatic carbocycles. The maximum atomic E-state index is 7.56. The van der Waals surface area contributed by atoms with Crippen molar-refractivity contribution in [2.45, 2.75) is 6.92 Å². The van der Waals surface area contributed by atoms with Crippen LogP contribution < -0.4 is 15.2 Å². The van der Waals surface area contributed by atoms with Gasteiger partial charge in [-0.15, -0.1) is 0 Å². The molecule has 0 radical (unpaired) electrons. The van der Waals surface area contributed by atoms with Gasteiger partial charge in [0.15, 0.2) is 0 Å². The van der Waals surface area contributed by atoms with E-state index >= 15 is 0 Å². The second-order valence-corrected chi connectivity index (χ2v) is 4.31. The van der Waals surface area contributed by atoms with E-state index in [-0.39, 0.29) is 5.84 Å². The highest BCUT2D eigenvalue weighted by Gasteiger charge is 2.16. The number of benzene rings is 1. The van der Waals surface area contributed by atoms with E-state index in [2.05, 4.69) is 5.10 Å². The van der Waals surface area contributed by atoms with Crippen LogP contribution in [0.25, 0.3) is 0 Å². The van der Waals surface area contributed by atoms with E-state index in [1.54, 1.807) is 18.7 Å². The van der Waals surface area contributed by atoms with E-state index in [1.807, 2.05) is 30.3 Å². The molecule has 6 heteroatoms. The first kappa shape index (κ1) is 13.9. The number of hydrogen-bond donors (Lipinski definition) is 2. The van der Waals surface area contributed by atoms with Gasteiger partial charge in [-0.3, -0.25) is 5.41 Å². The number of nitrogen functional groups attached to an aromatic ring is 1. The van der Waals surface area contributed by atoms with Gasteiger partial charge in [-0.25, -0.2) is 4.68 Å². The predicted octanol–water partition coefficient (Wildman–Crippen LogP) is 1.47. The van der Waals surface area contributed by atoms with Crippen molar-refractivity contribution >= 4 is 5.84 Å². The molecule has 0 bridgehead atoms. The van der Waals surface area contributed by atoms with Crippen LogP contribution in [-0.4, -0.2) is 28.8 Å². The Labute approximate surface area is 117 Å². The Morgan fingerprint density at radius 3 is 2.55 bits per heavy atom. The summed E-state index contributed by atoms with van der Waals surface area (Å²) in [4.78, 5) is 0. The maximum absolute atomic E-state index is 7.56. The summed E-state index contributed by atoms with van der Waals surface area (Å²) < 4.78 is 12.7. The largest absolute Gasteiger partial charge is 0.490 e. The Balaban J connectivity index is 1.93. The zero-order valence-corrected chi connectivity index (χ0v) is 11.6. The second-order valence-electron chi connectivity index (χ2n) is 4.31. The van der Waals surface area contributed by atoms with Gasteiger partial charge >= 0.3 is 0 Å². The minimum Gasteiger partial charge on any atom is -0.490 e. The molecule has 0 aliphatic carbocycles. The molecule has 2 aromatic rings. The van der Waals surface area contributed by atoms with Crippen LogP contribution in [0.2, 0.25) is 0 Å². The van der Waals surface area contributed by atoms with Crippen molar-refractivity contribution in [3.05, 3.63) is 41.6 Å². The zero-order valence-electron chi connectivity index (χ0n) is 11.6. The van der Waals surface area contributed by atoms with Crippen LogP contribution in [0.4, 0.5) is 0 Å². The standard InChI is InChI=1S/C14H18N4O2/c1-10-12(13(15)16)14(18(2)17-10)20-9-8-19-11-6-4-3-5-7-11/h3-7H,8-9H2,1-2H3,(H3,15,16). The number of nitrogens with one attached hydrogen (secondary N) is 1. The van der Waals surface area contributed by atoms with E-state index in [4.69, 9.17) is 20.6 Å². The lowest BCUT2D eigenvalue weighted by atomic mass is 10.2. The van der Waals surface area contributed by atoms with E-state index < -0.39 is 0 Å². The summed E-state index contributed by atoms with van der Waals surface area (Å²) in [5, 5.41) is 11.8. The molecule has 20 heavy (non-hydrogen) atoms. The fourth-order valence-corrected chi connectivity index (χ4v) is 1.93. The predicted molar refractivity (Wildman–Crippen MR) is 76.4 cm³/mol. The summed E-state index contributed by atoms with van der Waals surface area (Å²) in [5.74, 6) is 1.24. The van der Waals surface area contributed by atoms with Crippen molar-refractivity contribution in [2.75, 3.05) is 13.2 Å². The molecule has 0 saturated heterocycles. The minimum atomic E-state index is -0.0467. The molecule has 0 atom stereocenters. The van der Waals surface area contributed by atoms with Gasteiger partial charge in [0.1, 0.15) is 30.4 Å². The zero-order chi connectivity index (χ0) is 14.5. The summed E-state index contributed by atoms with van der Waals surface area (Å²) in [6, 6.07) is 9.52. The summed E-state index contributed by atoms with van der Waals surface area (Å²) >= 11 is 0. The number of nitrogens with zero attached hydrogens (tertiary/aromatic N) is 2. The quantitative estimate of drug-likeness (QED) is 0.474. The van der Waals surface area contributed by atoms with Gasteiger partial charge in [0.25, 0.3) is 0 Å². The monoisotopic (exact) mass is 274 g/mol. The summed E-state index contributed by atoms with van der Waals surface area (Å²) in [5.41, 5.74) is 6.76. The molecule has 0 fully saturated rings. The normalized spacial score (nSPS) is 10.3. The lowest BCUT2D eigenvalue weighted by Crippen LogP contribution is -2.16. The smallest absolute Gasteiger partial charge is 0.223 e. The molecule has 0 unspecified atom stereocenters. The number of aromatic nitrogens is 2. The molecule has 1 aromatic heterocycles. The van der Waals surface area contributed by atoms with Crippen molar-refractivity contribution in [1.29, 1.82) is 5.41 Å². The minimum absolute atomic E-state index is 0.0467. The van der Waals surface area contributed by atoms with Crippen LogP contribution in [0, 0.1) is 12.3 Å². The van der Waals surface area contributed by atoms with Gasteiger partial charge in [-0.2, -0.15) is 5.10 Å². The lowest BCUT2D eigenvalue weighted by Gasteiger charge is -2.09. The van der Waals surface area contributed by atoms with Crippen LogP contribution >= 0.6 is 0 Å². The molecule has 0 saturated carbocycles. The van der Waals surface area contributed by atoms with Crippen molar-refractivity contribution in [1.82, 2.24) is 9.78 Å². The van der Waals surface area contributed by atoms with E-state index in [9.17, 15) is 0 Å². The number of ether oxygens (including phenoxy) is 2. The van der Waals surface area contributed by atoms with Gasteiger partial charge in [0.2, 0.25) is 5.88 Å². The number of nitrogens with two attached hydrogens (primary N) is 1. The molecular weight excluding hydrogens is 256 g/mol. The average Bonchev–Trinajstić information content (AvgIpc) is 2.70. The Morgan fingerprint density at radius 2 is 1.90 bits per heavy atom. The topological polar surface area (TPSA) is 86.2 Å². The fraction of sp³-hybridized carbons (Fsp3) is 0.286. The molecule has 106 valence electrons. The van der Waals surface area contributed by atoms with Gasteiger partial charge in [0.05, 0.1) is 5.69 Å². The molecule has 0 spiro atoms. The first-order valence-electron chi connectivity index (χ1n) is 6.28. The molecule has 0 amide bonds. The van der Waals surface area contributed by atoms with Gasteiger partial charge in [0, 0.05) is 7.05 Å². The van der Waals surface area contributed by atoms with Crippen molar-refractivity contribution in [2.24, 2.45) is 12.8 Å². The molecular formula is C14H18N4O2. The Bertz CT molecular complexity index is 593. The highest BCUT2D eigenvalue weighted by molar-refractivity contribution is 5.98. The maximum Gasteiger partial charge on any atom is 0.223 e. The first-order valence-corrected chi connectivity index (χ1v) is 6.28. The third-order valence-corrected chi connectivity index (χ3v) is 2.77. The number of amidine groups is 1. The molecule has 0 aliphatic heterocycles. The summed E-state index contributed by atoms with van der Waals surface area (Å²) in [6.07, 6.45) is 0. The number of para-hydroxylation sites is 1. The van der Waals surface area contributed by atoms with Crippen LogP contribution in [0.3, 0.4) is 0 Å². The molecule has 2 rings (SSSR count). The van der Waals surface area contributed by atoms with Crippen molar-refractivity contribution in [3.63, 3.8) is 0 Å². The Hall–Kier alpha value is -2.50. The molecule has 3 N–H and O–H groups in total. The number of rotatable bonds is 6. The van der Waals surface area contributed by atoms with Gasteiger partial charge in [-0.05, 0) is 19.1 Å². The van der Waals surface area contributed by atoms with Crippen molar-refractivity contribution in [3.8, 4) is 11.6 Å². The van der Waals surface area contributed by atoms with E-state index in [0.717, 1.165) is 5.75 Å². The Kier molecular flexibility index (Phi) is 4.24. The van der Waals surface area contributed by atoms with Crippen LogP contribution in [-0.2, 0) is 7.05 Å². The SMILES string of the molecule is Cc1nn(C)c(OCCOc2ccccc2)c1C(=N)N. The Morgan fingerprint density at radius 1 is 1.25 bits per heavy atom. The summed E-state index contributed by atoms with van der Waals surface area (Å²) in [6.45, 7) is 2.56. The fourth-order valence-electron chi connectivity index (χ4n) is 1.93. The molecule has 0 aliphatic rings. The molecule has 1 heterocycles. The van der Waals surface area contributed by atoms with Crippen LogP contribution in [0.15, 0.2) is 30.3 Å². The third-order valence-electron chi connectivity index (χ3n) is 2.77. The highest BCUT2D eigenvalue weighted by Crippen LogP contribution is 2.20. The van der Waals surface area contributed by atoms with E-state index in [0.29, 0.717) is 30.4 Å². The number of hydrogen-bond acceptors (Lipinski definition) is 4. The number of aryl methyl sites for hydroxylation is 2. The highest BCUT2D eigenvalue weighted by atomic mass is 16.5. The first-order chi connectivity index (χ1) is 9.59.